The zero-order valence-corrected chi connectivity index (χ0v) is 11.5. The van der Waals surface area contributed by atoms with Gasteiger partial charge >= 0.3 is 0 Å². The van der Waals surface area contributed by atoms with Crippen LogP contribution in [0, 0.1) is 11.8 Å². The van der Waals surface area contributed by atoms with Crippen molar-refractivity contribution < 1.29 is 0 Å². The summed E-state index contributed by atoms with van der Waals surface area (Å²) in [6, 6.07) is 9.05. The summed E-state index contributed by atoms with van der Waals surface area (Å²) in [6.45, 7) is 2.21. The van der Waals surface area contributed by atoms with E-state index < -0.39 is 0 Å². The molecular formula is C17H25N. The Morgan fingerprint density at radius 2 is 1.83 bits per heavy atom. The molecule has 0 aromatic heterocycles. The molecule has 0 amide bonds. The minimum Gasteiger partial charge on any atom is -0.321 e. The zero-order chi connectivity index (χ0) is 12.6. The van der Waals surface area contributed by atoms with Crippen LogP contribution in [-0.2, 0) is 12.0 Å². The van der Waals surface area contributed by atoms with Crippen molar-refractivity contribution in [3.05, 3.63) is 35.4 Å². The lowest BCUT2D eigenvalue weighted by molar-refractivity contribution is 0.206. The molecular weight excluding hydrogens is 218 g/mol. The molecule has 1 aromatic rings. The maximum atomic E-state index is 6.73. The van der Waals surface area contributed by atoms with Crippen LogP contribution in [0.5, 0.6) is 0 Å². The van der Waals surface area contributed by atoms with Crippen molar-refractivity contribution in [1.29, 1.82) is 0 Å². The van der Waals surface area contributed by atoms with Gasteiger partial charge in [-0.25, -0.2) is 0 Å². The van der Waals surface area contributed by atoms with Gasteiger partial charge in [0.05, 0.1) is 0 Å². The Hall–Kier alpha value is -0.820. The Morgan fingerprint density at radius 3 is 2.44 bits per heavy atom. The van der Waals surface area contributed by atoms with E-state index in [-0.39, 0.29) is 5.54 Å². The number of hydrogen-bond donors (Lipinski definition) is 1. The molecule has 98 valence electrons. The molecule has 0 saturated heterocycles. The topological polar surface area (TPSA) is 26.0 Å². The molecule has 2 fully saturated rings. The van der Waals surface area contributed by atoms with Crippen LogP contribution in [-0.4, -0.2) is 0 Å². The lowest BCUT2D eigenvalue weighted by Crippen LogP contribution is -2.41. The lowest BCUT2D eigenvalue weighted by atomic mass is 9.71. The molecule has 2 aliphatic rings. The second-order valence-corrected chi connectivity index (χ2v) is 6.40. The number of hydrogen-bond acceptors (Lipinski definition) is 1. The Balaban J connectivity index is 1.78. The van der Waals surface area contributed by atoms with Crippen LogP contribution < -0.4 is 5.73 Å². The van der Waals surface area contributed by atoms with Gasteiger partial charge in [0.1, 0.15) is 0 Å². The fourth-order valence-electron chi connectivity index (χ4n) is 3.66. The summed E-state index contributed by atoms with van der Waals surface area (Å²) >= 11 is 0. The zero-order valence-electron chi connectivity index (χ0n) is 11.5. The Bertz CT molecular complexity index is 404. The van der Waals surface area contributed by atoms with Gasteiger partial charge in [0.2, 0.25) is 0 Å². The summed E-state index contributed by atoms with van der Waals surface area (Å²) in [5.74, 6) is 1.90. The van der Waals surface area contributed by atoms with E-state index in [9.17, 15) is 0 Å². The molecule has 0 radical (unpaired) electrons. The van der Waals surface area contributed by atoms with Gasteiger partial charge in [0.15, 0.2) is 0 Å². The standard InChI is InChI=1S/C17H25N/c1-2-13-5-9-16(10-6-13)17(18)11-3-4-15(12-17)14-7-8-14/h5-6,9-10,14-15H,2-4,7-8,11-12,18H2,1H3. The molecule has 18 heavy (non-hydrogen) atoms. The summed E-state index contributed by atoms with van der Waals surface area (Å²) in [5.41, 5.74) is 9.46. The van der Waals surface area contributed by atoms with Crippen molar-refractivity contribution in [2.75, 3.05) is 0 Å². The van der Waals surface area contributed by atoms with Crippen molar-refractivity contribution in [3.8, 4) is 0 Å². The van der Waals surface area contributed by atoms with Gasteiger partial charge in [-0.2, -0.15) is 0 Å². The highest BCUT2D eigenvalue weighted by atomic mass is 14.8. The normalized spacial score (nSPS) is 32.4. The van der Waals surface area contributed by atoms with E-state index in [4.69, 9.17) is 5.73 Å². The monoisotopic (exact) mass is 243 g/mol. The second-order valence-electron chi connectivity index (χ2n) is 6.40. The molecule has 1 aromatic carbocycles. The quantitative estimate of drug-likeness (QED) is 0.853. The van der Waals surface area contributed by atoms with Crippen LogP contribution in [0.4, 0.5) is 0 Å². The van der Waals surface area contributed by atoms with E-state index in [1.807, 2.05) is 0 Å². The number of nitrogens with two attached hydrogens (primary N) is 1. The first-order chi connectivity index (χ1) is 8.71. The Kier molecular flexibility index (Phi) is 3.19. The smallest absolute Gasteiger partial charge is 0.0412 e. The van der Waals surface area contributed by atoms with E-state index in [1.165, 1.54) is 49.7 Å². The summed E-state index contributed by atoms with van der Waals surface area (Å²) < 4.78 is 0. The summed E-state index contributed by atoms with van der Waals surface area (Å²) in [4.78, 5) is 0. The average molecular weight is 243 g/mol. The Labute approximate surface area is 111 Å². The predicted molar refractivity (Wildman–Crippen MR) is 76.4 cm³/mol. The maximum Gasteiger partial charge on any atom is 0.0412 e. The van der Waals surface area contributed by atoms with Crippen LogP contribution in [0.25, 0.3) is 0 Å². The number of aryl methyl sites for hydroxylation is 1. The van der Waals surface area contributed by atoms with E-state index in [1.54, 1.807) is 0 Å². The fourth-order valence-corrected chi connectivity index (χ4v) is 3.66. The first kappa shape index (κ1) is 12.2. The van der Waals surface area contributed by atoms with E-state index in [2.05, 4.69) is 31.2 Å². The minimum atomic E-state index is -0.0439. The van der Waals surface area contributed by atoms with Crippen molar-refractivity contribution in [2.24, 2.45) is 17.6 Å². The highest BCUT2D eigenvalue weighted by molar-refractivity contribution is 5.29. The van der Waals surface area contributed by atoms with Gasteiger partial charge in [-0.3, -0.25) is 0 Å². The largest absolute Gasteiger partial charge is 0.321 e. The molecule has 2 saturated carbocycles. The number of rotatable bonds is 3. The highest BCUT2D eigenvalue weighted by Crippen LogP contribution is 2.48. The highest BCUT2D eigenvalue weighted by Gasteiger charge is 2.40. The van der Waals surface area contributed by atoms with Crippen LogP contribution in [0.1, 0.15) is 56.6 Å². The molecule has 0 heterocycles. The minimum absolute atomic E-state index is 0.0439. The predicted octanol–water partition coefficient (Wildman–Crippen LogP) is 4.00. The Morgan fingerprint density at radius 1 is 1.11 bits per heavy atom. The third-order valence-corrected chi connectivity index (χ3v) is 5.05. The molecule has 2 atom stereocenters. The SMILES string of the molecule is CCc1ccc(C2(N)CCCC(C3CC3)C2)cc1. The average Bonchev–Trinajstić information content (AvgIpc) is 3.23. The first-order valence-electron chi connectivity index (χ1n) is 7.59. The molecule has 0 aliphatic heterocycles. The second kappa shape index (κ2) is 4.70. The first-order valence-corrected chi connectivity index (χ1v) is 7.59. The molecule has 2 aliphatic carbocycles. The van der Waals surface area contributed by atoms with Gasteiger partial charge < -0.3 is 5.73 Å². The van der Waals surface area contributed by atoms with Crippen LogP contribution in [0.2, 0.25) is 0 Å². The van der Waals surface area contributed by atoms with Crippen molar-refractivity contribution >= 4 is 0 Å². The third-order valence-electron chi connectivity index (χ3n) is 5.05. The van der Waals surface area contributed by atoms with Crippen molar-refractivity contribution in [2.45, 2.75) is 57.4 Å². The molecule has 2 N–H and O–H groups in total. The fraction of sp³-hybridized carbons (Fsp3) is 0.647. The third kappa shape index (κ3) is 2.33. The lowest BCUT2D eigenvalue weighted by Gasteiger charge is -2.39. The molecule has 1 heteroatoms. The van der Waals surface area contributed by atoms with Crippen molar-refractivity contribution in [3.63, 3.8) is 0 Å². The van der Waals surface area contributed by atoms with Gasteiger partial charge in [-0.15, -0.1) is 0 Å². The van der Waals surface area contributed by atoms with Gasteiger partial charge in [-0.1, -0.05) is 44.0 Å². The van der Waals surface area contributed by atoms with E-state index in [0.717, 1.165) is 18.3 Å². The van der Waals surface area contributed by atoms with Gasteiger partial charge in [-0.05, 0) is 55.1 Å². The molecule has 2 unspecified atom stereocenters. The molecule has 1 nitrogen and oxygen atoms in total. The summed E-state index contributed by atoms with van der Waals surface area (Å²) in [7, 11) is 0. The van der Waals surface area contributed by atoms with Crippen LogP contribution in [0.15, 0.2) is 24.3 Å². The van der Waals surface area contributed by atoms with Crippen LogP contribution >= 0.6 is 0 Å². The van der Waals surface area contributed by atoms with Gasteiger partial charge in [0.25, 0.3) is 0 Å². The summed E-state index contributed by atoms with van der Waals surface area (Å²) in [5, 5.41) is 0. The van der Waals surface area contributed by atoms with Crippen LogP contribution in [0.3, 0.4) is 0 Å². The maximum absolute atomic E-state index is 6.73. The molecule has 0 spiro atoms. The van der Waals surface area contributed by atoms with Gasteiger partial charge in [0, 0.05) is 5.54 Å². The number of benzene rings is 1. The molecule has 0 bridgehead atoms. The molecule has 3 rings (SSSR count). The van der Waals surface area contributed by atoms with Crippen molar-refractivity contribution in [1.82, 2.24) is 0 Å². The van der Waals surface area contributed by atoms with E-state index in [0.29, 0.717) is 0 Å². The van der Waals surface area contributed by atoms with E-state index >= 15 is 0 Å². The summed E-state index contributed by atoms with van der Waals surface area (Å²) in [6.07, 6.45) is 9.13.